The summed E-state index contributed by atoms with van der Waals surface area (Å²) in [5.41, 5.74) is 0.981. The second-order valence-corrected chi connectivity index (χ2v) is 5.73. The van der Waals surface area contributed by atoms with Gasteiger partial charge in [0.2, 0.25) is 5.91 Å². The van der Waals surface area contributed by atoms with Crippen LogP contribution in [0.15, 0.2) is 28.7 Å². The van der Waals surface area contributed by atoms with Crippen LogP contribution in [0.1, 0.15) is 31.4 Å². The highest BCUT2D eigenvalue weighted by Crippen LogP contribution is 2.22. The van der Waals surface area contributed by atoms with Gasteiger partial charge in [0.1, 0.15) is 6.10 Å². The summed E-state index contributed by atoms with van der Waals surface area (Å²) in [5.74, 6) is -1.27. The van der Waals surface area contributed by atoms with Gasteiger partial charge in [-0.05, 0) is 37.5 Å². The van der Waals surface area contributed by atoms with Crippen LogP contribution in [-0.2, 0) is 14.3 Å². The Hall–Kier alpha value is -1.40. The van der Waals surface area contributed by atoms with Gasteiger partial charge in [0.25, 0.3) is 0 Å². The number of carbonyl (C=O) groups is 2. The van der Waals surface area contributed by atoms with E-state index in [-0.39, 0.29) is 11.9 Å². The van der Waals surface area contributed by atoms with Gasteiger partial charge in [-0.25, -0.2) is 4.79 Å². The van der Waals surface area contributed by atoms with Crippen molar-refractivity contribution in [3.63, 3.8) is 0 Å². The van der Waals surface area contributed by atoms with Crippen LogP contribution in [0.4, 0.5) is 0 Å². The second-order valence-electron chi connectivity index (χ2n) is 4.81. The molecule has 1 aromatic carbocycles. The SMILES string of the molecule is C[C@H](NC(=O)C1CCC(C(=O)O)O1)c1ccc(Br)cc1. The molecular weight excluding hydrogens is 326 g/mol. The van der Waals surface area contributed by atoms with E-state index in [4.69, 9.17) is 9.84 Å². The average molecular weight is 342 g/mol. The molecule has 0 radical (unpaired) electrons. The lowest BCUT2D eigenvalue weighted by molar-refractivity contribution is -0.151. The lowest BCUT2D eigenvalue weighted by atomic mass is 10.1. The Morgan fingerprint density at radius 3 is 2.45 bits per heavy atom. The molecule has 0 spiro atoms. The van der Waals surface area contributed by atoms with Crippen molar-refractivity contribution in [2.75, 3.05) is 0 Å². The molecule has 5 nitrogen and oxygen atoms in total. The quantitative estimate of drug-likeness (QED) is 0.880. The molecule has 0 aromatic heterocycles. The second kappa shape index (κ2) is 6.37. The Morgan fingerprint density at radius 2 is 1.90 bits per heavy atom. The molecule has 1 saturated heterocycles. The number of carbonyl (C=O) groups excluding carboxylic acids is 1. The van der Waals surface area contributed by atoms with Gasteiger partial charge in [0, 0.05) is 4.47 Å². The molecule has 1 fully saturated rings. The summed E-state index contributed by atoms with van der Waals surface area (Å²) in [6.45, 7) is 1.88. The fourth-order valence-electron chi connectivity index (χ4n) is 2.15. The van der Waals surface area contributed by atoms with Crippen LogP contribution >= 0.6 is 15.9 Å². The number of benzene rings is 1. The van der Waals surface area contributed by atoms with Crippen LogP contribution in [-0.4, -0.2) is 29.2 Å². The van der Waals surface area contributed by atoms with Crippen LogP contribution in [0.5, 0.6) is 0 Å². The minimum Gasteiger partial charge on any atom is -0.479 e. The van der Waals surface area contributed by atoms with E-state index in [2.05, 4.69) is 21.2 Å². The summed E-state index contributed by atoms with van der Waals surface area (Å²) in [6, 6.07) is 7.51. The van der Waals surface area contributed by atoms with E-state index < -0.39 is 18.2 Å². The normalized spacial score (nSPS) is 23.3. The maximum Gasteiger partial charge on any atom is 0.332 e. The molecule has 1 heterocycles. The summed E-state index contributed by atoms with van der Waals surface area (Å²) in [6.07, 6.45) is -0.724. The number of amides is 1. The summed E-state index contributed by atoms with van der Waals surface area (Å²) in [4.78, 5) is 22.8. The van der Waals surface area contributed by atoms with Gasteiger partial charge in [-0.3, -0.25) is 4.79 Å². The molecule has 2 rings (SSSR count). The van der Waals surface area contributed by atoms with Gasteiger partial charge in [-0.1, -0.05) is 28.1 Å². The first kappa shape index (κ1) is 15.0. The van der Waals surface area contributed by atoms with E-state index >= 15 is 0 Å². The number of nitrogens with one attached hydrogen (secondary N) is 1. The summed E-state index contributed by atoms with van der Waals surface area (Å²) >= 11 is 3.36. The molecule has 1 aliphatic rings. The summed E-state index contributed by atoms with van der Waals surface area (Å²) < 4.78 is 6.20. The number of hydrogen-bond acceptors (Lipinski definition) is 3. The number of ether oxygens (including phenoxy) is 1. The van der Waals surface area contributed by atoms with E-state index in [9.17, 15) is 9.59 Å². The molecule has 0 aliphatic carbocycles. The smallest absolute Gasteiger partial charge is 0.332 e. The number of hydrogen-bond donors (Lipinski definition) is 2. The van der Waals surface area contributed by atoms with Crippen molar-refractivity contribution in [3.05, 3.63) is 34.3 Å². The topological polar surface area (TPSA) is 75.6 Å². The maximum atomic E-state index is 12.0. The first-order chi connectivity index (χ1) is 9.47. The van der Waals surface area contributed by atoms with Crippen LogP contribution < -0.4 is 5.32 Å². The standard InChI is InChI=1S/C14H16BrNO4/c1-8(9-2-4-10(15)5-3-9)16-13(17)11-6-7-12(20-11)14(18)19/h2-5,8,11-12H,6-7H2,1H3,(H,16,17)(H,18,19)/t8-,11?,12?/m0/s1. The van der Waals surface area contributed by atoms with Crippen LogP contribution in [0.25, 0.3) is 0 Å². The monoisotopic (exact) mass is 341 g/mol. The third-order valence-electron chi connectivity index (χ3n) is 3.32. The van der Waals surface area contributed by atoms with Crippen molar-refractivity contribution in [3.8, 4) is 0 Å². The predicted molar refractivity (Wildman–Crippen MR) is 76.2 cm³/mol. The molecule has 108 valence electrons. The number of carboxylic acid groups (broad SMARTS) is 1. The number of carboxylic acids is 1. The molecule has 2 N–H and O–H groups in total. The molecule has 1 aliphatic heterocycles. The third kappa shape index (κ3) is 3.58. The van der Waals surface area contributed by atoms with E-state index in [1.807, 2.05) is 31.2 Å². The zero-order chi connectivity index (χ0) is 14.7. The van der Waals surface area contributed by atoms with Gasteiger partial charge >= 0.3 is 5.97 Å². The predicted octanol–water partition coefficient (Wildman–Crippen LogP) is 2.26. The highest BCUT2D eigenvalue weighted by atomic mass is 79.9. The molecule has 2 unspecified atom stereocenters. The van der Waals surface area contributed by atoms with Crippen LogP contribution in [0.2, 0.25) is 0 Å². The lowest BCUT2D eigenvalue weighted by Gasteiger charge is -2.17. The summed E-state index contributed by atoms with van der Waals surface area (Å²) in [5, 5.41) is 11.7. The van der Waals surface area contributed by atoms with Gasteiger partial charge in [0.15, 0.2) is 6.10 Å². The lowest BCUT2D eigenvalue weighted by Crippen LogP contribution is -2.37. The number of rotatable bonds is 4. The molecule has 0 saturated carbocycles. The van der Waals surface area contributed by atoms with Crippen molar-refractivity contribution in [1.82, 2.24) is 5.32 Å². The Bertz CT molecular complexity index is 502. The average Bonchev–Trinajstić information content (AvgIpc) is 2.89. The minimum atomic E-state index is -1.01. The van der Waals surface area contributed by atoms with Crippen molar-refractivity contribution in [2.45, 2.75) is 38.0 Å². The first-order valence-electron chi connectivity index (χ1n) is 6.41. The Labute approximate surface area is 125 Å². The van der Waals surface area contributed by atoms with Crippen LogP contribution in [0.3, 0.4) is 0 Å². The van der Waals surface area contributed by atoms with Crippen molar-refractivity contribution in [2.24, 2.45) is 0 Å². The van der Waals surface area contributed by atoms with Crippen molar-refractivity contribution >= 4 is 27.8 Å². The molecule has 3 atom stereocenters. The molecule has 6 heteroatoms. The van der Waals surface area contributed by atoms with Crippen LogP contribution in [0, 0.1) is 0 Å². The zero-order valence-electron chi connectivity index (χ0n) is 11.0. The summed E-state index contributed by atoms with van der Waals surface area (Å²) in [7, 11) is 0. The largest absolute Gasteiger partial charge is 0.479 e. The van der Waals surface area contributed by atoms with Gasteiger partial charge in [-0.2, -0.15) is 0 Å². The van der Waals surface area contributed by atoms with Gasteiger partial charge < -0.3 is 15.2 Å². The number of aliphatic carboxylic acids is 1. The zero-order valence-corrected chi connectivity index (χ0v) is 12.6. The van der Waals surface area contributed by atoms with Crippen molar-refractivity contribution in [1.29, 1.82) is 0 Å². The fraction of sp³-hybridized carbons (Fsp3) is 0.429. The molecule has 1 aromatic rings. The van der Waals surface area contributed by atoms with E-state index in [0.717, 1.165) is 10.0 Å². The molecular formula is C14H16BrNO4. The fourth-order valence-corrected chi connectivity index (χ4v) is 2.42. The molecule has 1 amide bonds. The van der Waals surface area contributed by atoms with E-state index in [0.29, 0.717) is 12.8 Å². The number of halogens is 1. The minimum absolute atomic E-state index is 0.150. The Balaban J connectivity index is 1.91. The van der Waals surface area contributed by atoms with E-state index in [1.165, 1.54) is 0 Å². The maximum absolute atomic E-state index is 12.0. The van der Waals surface area contributed by atoms with Crippen molar-refractivity contribution < 1.29 is 19.4 Å². The molecule has 20 heavy (non-hydrogen) atoms. The Morgan fingerprint density at radius 1 is 1.30 bits per heavy atom. The Kier molecular flexibility index (Phi) is 4.77. The third-order valence-corrected chi connectivity index (χ3v) is 3.84. The first-order valence-corrected chi connectivity index (χ1v) is 7.21. The van der Waals surface area contributed by atoms with E-state index in [1.54, 1.807) is 0 Å². The highest BCUT2D eigenvalue weighted by molar-refractivity contribution is 9.10. The highest BCUT2D eigenvalue weighted by Gasteiger charge is 2.35. The van der Waals surface area contributed by atoms with Gasteiger partial charge in [0.05, 0.1) is 6.04 Å². The van der Waals surface area contributed by atoms with Gasteiger partial charge in [-0.15, -0.1) is 0 Å². The molecule has 0 bridgehead atoms.